The Morgan fingerprint density at radius 3 is 2.83 bits per heavy atom. The van der Waals surface area contributed by atoms with Gasteiger partial charge in [-0.2, -0.15) is 12.6 Å². The average molecular weight is 262 g/mol. The number of nitrogens with zero attached hydrogens (tertiary/aromatic N) is 2. The molecule has 0 aliphatic carbocycles. The van der Waals surface area contributed by atoms with Crippen molar-refractivity contribution in [2.45, 2.75) is 39.0 Å². The van der Waals surface area contributed by atoms with Gasteiger partial charge in [0.2, 0.25) is 0 Å². The lowest BCUT2D eigenvalue weighted by molar-refractivity contribution is -0.117. The van der Waals surface area contributed by atoms with E-state index in [2.05, 4.69) is 47.3 Å². The van der Waals surface area contributed by atoms with Gasteiger partial charge in [0.15, 0.2) is 0 Å². The molecule has 1 aromatic heterocycles. The van der Waals surface area contributed by atoms with E-state index in [-0.39, 0.29) is 5.78 Å². The molecule has 0 saturated heterocycles. The summed E-state index contributed by atoms with van der Waals surface area (Å²) in [6.07, 6.45) is 1.55. The third-order valence-electron chi connectivity index (χ3n) is 3.13. The number of rotatable bonds is 5. The van der Waals surface area contributed by atoms with E-state index in [1.54, 1.807) is 6.92 Å². The zero-order valence-corrected chi connectivity index (χ0v) is 11.7. The maximum Gasteiger partial charge on any atom is 0.131 e. The molecule has 96 valence electrons. The predicted molar refractivity (Wildman–Crippen MR) is 77.1 cm³/mol. The molecular weight excluding hydrogens is 244 g/mol. The number of benzene rings is 1. The number of ketones is 1. The summed E-state index contributed by atoms with van der Waals surface area (Å²) in [4.78, 5) is 15.7. The topological polar surface area (TPSA) is 34.9 Å². The Balaban J connectivity index is 2.45. The Morgan fingerprint density at radius 2 is 2.22 bits per heavy atom. The van der Waals surface area contributed by atoms with E-state index in [0.29, 0.717) is 18.7 Å². The number of aromatic nitrogens is 2. The van der Waals surface area contributed by atoms with Gasteiger partial charge in [0, 0.05) is 18.7 Å². The van der Waals surface area contributed by atoms with Crippen LogP contribution in [0.15, 0.2) is 18.2 Å². The summed E-state index contributed by atoms with van der Waals surface area (Å²) in [5, 5.41) is 0. The van der Waals surface area contributed by atoms with Crippen LogP contribution < -0.4 is 0 Å². The van der Waals surface area contributed by atoms with Gasteiger partial charge in [0.25, 0.3) is 0 Å². The van der Waals surface area contributed by atoms with Crippen LogP contribution in [0.2, 0.25) is 0 Å². The molecule has 0 saturated carbocycles. The van der Waals surface area contributed by atoms with Crippen molar-refractivity contribution >= 4 is 29.4 Å². The summed E-state index contributed by atoms with van der Waals surface area (Å²) in [6.45, 7) is 4.44. The van der Waals surface area contributed by atoms with Gasteiger partial charge in [0.05, 0.1) is 11.0 Å². The van der Waals surface area contributed by atoms with Gasteiger partial charge < -0.3 is 4.57 Å². The van der Waals surface area contributed by atoms with Crippen LogP contribution in [0.3, 0.4) is 0 Å². The van der Waals surface area contributed by atoms with Crippen molar-refractivity contribution in [1.29, 1.82) is 0 Å². The summed E-state index contributed by atoms with van der Waals surface area (Å²) < 4.78 is 2.10. The largest absolute Gasteiger partial charge is 0.327 e. The lowest BCUT2D eigenvalue weighted by Gasteiger charge is -2.06. The fourth-order valence-corrected chi connectivity index (χ4v) is 2.33. The van der Waals surface area contributed by atoms with Crippen molar-refractivity contribution in [3.63, 3.8) is 0 Å². The normalized spacial score (nSPS) is 11.1. The Morgan fingerprint density at radius 1 is 1.44 bits per heavy atom. The Hall–Kier alpha value is -1.29. The molecule has 1 aromatic carbocycles. The zero-order valence-electron chi connectivity index (χ0n) is 10.8. The van der Waals surface area contributed by atoms with E-state index in [1.807, 2.05) is 0 Å². The van der Waals surface area contributed by atoms with Crippen molar-refractivity contribution in [3.05, 3.63) is 29.6 Å². The first kappa shape index (κ1) is 13.1. The lowest BCUT2D eigenvalue weighted by Crippen LogP contribution is -2.05. The van der Waals surface area contributed by atoms with Crippen LogP contribution in [-0.2, 0) is 23.5 Å². The van der Waals surface area contributed by atoms with E-state index < -0.39 is 0 Å². The molecule has 0 aliphatic heterocycles. The van der Waals surface area contributed by atoms with Crippen LogP contribution >= 0.6 is 12.6 Å². The van der Waals surface area contributed by atoms with Crippen molar-refractivity contribution < 1.29 is 4.79 Å². The number of aryl methyl sites for hydroxylation is 2. The second-order valence-corrected chi connectivity index (χ2v) is 4.78. The van der Waals surface area contributed by atoms with Gasteiger partial charge in [-0.25, -0.2) is 4.98 Å². The molecule has 0 N–H and O–H groups in total. The lowest BCUT2D eigenvalue weighted by atomic mass is 10.1. The second-order valence-electron chi connectivity index (χ2n) is 4.47. The molecule has 4 heteroatoms. The summed E-state index contributed by atoms with van der Waals surface area (Å²) in [6, 6.07) is 6.33. The average Bonchev–Trinajstić information content (AvgIpc) is 2.72. The fraction of sp³-hybridized carbons (Fsp3) is 0.429. The quantitative estimate of drug-likeness (QED) is 0.841. The molecule has 2 rings (SSSR count). The Kier molecular flexibility index (Phi) is 4.07. The maximum atomic E-state index is 11.1. The van der Waals surface area contributed by atoms with E-state index in [1.165, 1.54) is 5.56 Å². The van der Waals surface area contributed by atoms with E-state index in [9.17, 15) is 4.79 Å². The molecule has 0 fully saturated rings. The molecular formula is C14H18N2OS. The summed E-state index contributed by atoms with van der Waals surface area (Å²) in [7, 11) is 0. The van der Waals surface area contributed by atoms with Crippen LogP contribution in [0.5, 0.6) is 0 Å². The van der Waals surface area contributed by atoms with Crippen molar-refractivity contribution in [3.8, 4) is 0 Å². The number of thiol groups is 1. The minimum Gasteiger partial charge on any atom is -0.327 e. The van der Waals surface area contributed by atoms with E-state index in [4.69, 9.17) is 0 Å². The first-order chi connectivity index (χ1) is 8.65. The van der Waals surface area contributed by atoms with Gasteiger partial charge in [-0.1, -0.05) is 13.0 Å². The van der Waals surface area contributed by atoms with Crippen LogP contribution in [0.25, 0.3) is 11.0 Å². The standard InChI is InChI=1S/C14H18N2OS/c1-3-11-4-5-13-12(8-11)15-14(9-18)16(13)7-6-10(2)17/h4-5,8,18H,3,6-7,9H2,1-2H3. The minimum absolute atomic E-state index is 0.201. The van der Waals surface area contributed by atoms with Gasteiger partial charge in [0.1, 0.15) is 11.6 Å². The zero-order chi connectivity index (χ0) is 13.1. The molecule has 0 aliphatic rings. The van der Waals surface area contributed by atoms with Gasteiger partial charge in [-0.3, -0.25) is 4.79 Å². The number of hydrogen-bond donors (Lipinski definition) is 1. The molecule has 0 unspecified atom stereocenters. The molecule has 2 aromatic rings. The molecule has 0 atom stereocenters. The fourth-order valence-electron chi connectivity index (χ4n) is 2.08. The molecule has 3 nitrogen and oxygen atoms in total. The number of Topliss-reactive ketones (excluding diaryl/α,β-unsaturated/α-hetero) is 1. The van der Waals surface area contributed by atoms with E-state index >= 15 is 0 Å². The number of fused-ring (bicyclic) bond motifs is 1. The van der Waals surface area contributed by atoms with Crippen molar-refractivity contribution in [2.75, 3.05) is 0 Å². The SMILES string of the molecule is CCc1ccc2c(c1)nc(CS)n2CCC(C)=O. The van der Waals surface area contributed by atoms with Gasteiger partial charge >= 0.3 is 0 Å². The first-order valence-electron chi connectivity index (χ1n) is 6.24. The van der Waals surface area contributed by atoms with Crippen molar-refractivity contribution in [1.82, 2.24) is 9.55 Å². The van der Waals surface area contributed by atoms with Crippen LogP contribution in [0.1, 0.15) is 31.7 Å². The molecule has 0 radical (unpaired) electrons. The molecule has 18 heavy (non-hydrogen) atoms. The Labute approximate surface area is 113 Å². The molecule has 0 amide bonds. The van der Waals surface area contributed by atoms with Crippen LogP contribution in [0, 0.1) is 0 Å². The molecule has 0 spiro atoms. The highest BCUT2D eigenvalue weighted by molar-refractivity contribution is 7.79. The smallest absolute Gasteiger partial charge is 0.131 e. The number of imidazole rings is 1. The first-order valence-corrected chi connectivity index (χ1v) is 6.87. The monoisotopic (exact) mass is 262 g/mol. The summed E-state index contributed by atoms with van der Waals surface area (Å²) >= 11 is 4.32. The summed E-state index contributed by atoms with van der Waals surface area (Å²) in [5.74, 6) is 1.73. The van der Waals surface area contributed by atoms with E-state index in [0.717, 1.165) is 23.3 Å². The minimum atomic E-state index is 0.201. The maximum absolute atomic E-state index is 11.1. The number of carbonyl (C=O) groups is 1. The third-order valence-corrected chi connectivity index (χ3v) is 3.41. The van der Waals surface area contributed by atoms with Crippen LogP contribution in [0.4, 0.5) is 0 Å². The number of carbonyl (C=O) groups excluding carboxylic acids is 1. The third kappa shape index (κ3) is 2.58. The molecule has 1 heterocycles. The predicted octanol–water partition coefficient (Wildman–Crippen LogP) is 3.01. The van der Waals surface area contributed by atoms with Crippen molar-refractivity contribution in [2.24, 2.45) is 0 Å². The van der Waals surface area contributed by atoms with Crippen LogP contribution in [-0.4, -0.2) is 15.3 Å². The van der Waals surface area contributed by atoms with Gasteiger partial charge in [-0.15, -0.1) is 0 Å². The Bertz CT molecular complexity index is 574. The summed E-state index contributed by atoms with van der Waals surface area (Å²) in [5.41, 5.74) is 3.38. The highest BCUT2D eigenvalue weighted by Crippen LogP contribution is 2.20. The van der Waals surface area contributed by atoms with Gasteiger partial charge in [-0.05, 0) is 31.0 Å². The highest BCUT2D eigenvalue weighted by atomic mass is 32.1. The highest BCUT2D eigenvalue weighted by Gasteiger charge is 2.10. The number of hydrogen-bond acceptors (Lipinski definition) is 3. The molecule has 0 bridgehead atoms. The second kappa shape index (κ2) is 5.57.